The van der Waals surface area contributed by atoms with Crippen LogP contribution in [0.3, 0.4) is 0 Å². The number of alkyl halides is 3. The van der Waals surface area contributed by atoms with Crippen LogP contribution in [0, 0.1) is 0 Å². The number of nitrogens with zero attached hydrogens (tertiary/aromatic N) is 1. The fourth-order valence-corrected chi connectivity index (χ4v) is 2.92. The third-order valence-corrected chi connectivity index (χ3v) is 4.52. The van der Waals surface area contributed by atoms with E-state index in [1.807, 2.05) is 30.3 Å². The molecule has 0 heterocycles. The minimum Gasteiger partial charge on any atom is -0.457 e. The van der Waals surface area contributed by atoms with Crippen LogP contribution in [0.5, 0.6) is 11.5 Å². The molecule has 3 aromatic carbocycles. The average molecular weight is 454 g/mol. The molecule has 0 spiro atoms. The van der Waals surface area contributed by atoms with Crippen LogP contribution in [0.4, 0.5) is 18.9 Å². The summed E-state index contributed by atoms with van der Waals surface area (Å²) in [5.74, 6) is 0.0391. The molecule has 0 atom stereocenters. The Morgan fingerprint density at radius 3 is 2.33 bits per heavy atom. The van der Waals surface area contributed by atoms with Crippen LogP contribution in [0.2, 0.25) is 0 Å². The Morgan fingerprint density at radius 1 is 0.939 bits per heavy atom. The molecule has 0 saturated carbocycles. The van der Waals surface area contributed by atoms with E-state index in [4.69, 9.17) is 4.74 Å². The Bertz CT molecular complexity index is 1140. The van der Waals surface area contributed by atoms with E-state index in [-0.39, 0.29) is 5.69 Å². The maximum atomic E-state index is 13.1. The summed E-state index contributed by atoms with van der Waals surface area (Å²) in [6, 6.07) is 21.0. The van der Waals surface area contributed by atoms with Crippen molar-refractivity contribution in [3.63, 3.8) is 0 Å². The molecule has 0 saturated heterocycles. The summed E-state index contributed by atoms with van der Waals surface area (Å²) < 4.78 is 45.0. The lowest BCUT2D eigenvalue weighted by molar-refractivity contribution is -0.137. The fraction of sp³-hybridized carbons (Fsp3) is 0.120. The lowest BCUT2D eigenvalue weighted by atomic mass is 10.1. The van der Waals surface area contributed by atoms with Crippen LogP contribution in [0.15, 0.2) is 84.9 Å². The second kappa shape index (κ2) is 10.5. The first-order valence-electron chi connectivity index (χ1n) is 9.94. The van der Waals surface area contributed by atoms with Crippen molar-refractivity contribution in [2.45, 2.75) is 6.18 Å². The molecule has 1 N–H and O–H groups in total. The molecular weight excluding hydrogens is 433 g/mol. The third-order valence-electron chi connectivity index (χ3n) is 4.52. The van der Waals surface area contributed by atoms with Gasteiger partial charge in [-0.2, -0.15) is 13.2 Å². The molecule has 0 aromatic heterocycles. The van der Waals surface area contributed by atoms with Gasteiger partial charge in [0.25, 0.3) is 0 Å². The van der Waals surface area contributed by atoms with Crippen molar-refractivity contribution < 1.29 is 27.5 Å². The molecule has 2 amide bonds. The monoisotopic (exact) mass is 454 g/mol. The zero-order valence-electron chi connectivity index (χ0n) is 17.7. The maximum absolute atomic E-state index is 13.1. The summed E-state index contributed by atoms with van der Waals surface area (Å²) in [7, 11) is 1.39. The van der Waals surface area contributed by atoms with E-state index < -0.39 is 30.1 Å². The topological polar surface area (TPSA) is 58.6 Å². The fourth-order valence-electron chi connectivity index (χ4n) is 2.92. The second-order valence-corrected chi connectivity index (χ2v) is 7.11. The number of benzene rings is 3. The van der Waals surface area contributed by atoms with Crippen LogP contribution in [0.1, 0.15) is 11.1 Å². The normalized spacial score (nSPS) is 11.3. The number of para-hydroxylation sites is 2. The van der Waals surface area contributed by atoms with Gasteiger partial charge < -0.3 is 15.0 Å². The summed E-state index contributed by atoms with van der Waals surface area (Å²) >= 11 is 0. The first-order valence-corrected chi connectivity index (χ1v) is 9.94. The van der Waals surface area contributed by atoms with Crippen molar-refractivity contribution >= 4 is 23.6 Å². The number of anilines is 1. The van der Waals surface area contributed by atoms with Gasteiger partial charge in [0.1, 0.15) is 11.5 Å². The maximum Gasteiger partial charge on any atom is 0.418 e. The molecule has 33 heavy (non-hydrogen) atoms. The zero-order valence-corrected chi connectivity index (χ0v) is 17.7. The molecule has 0 radical (unpaired) electrons. The van der Waals surface area contributed by atoms with Gasteiger partial charge in [-0.1, -0.05) is 42.5 Å². The Morgan fingerprint density at radius 2 is 1.61 bits per heavy atom. The van der Waals surface area contributed by atoms with Crippen molar-refractivity contribution in [1.82, 2.24) is 4.90 Å². The molecule has 8 heteroatoms. The summed E-state index contributed by atoms with van der Waals surface area (Å²) in [5.41, 5.74) is -0.611. The lowest BCUT2D eigenvalue weighted by Crippen LogP contribution is -2.34. The van der Waals surface area contributed by atoms with Crippen LogP contribution in [-0.4, -0.2) is 30.3 Å². The Labute approximate surface area is 189 Å². The smallest absolute Gasteiger partial charge is 0.418 e. The lowest BCUT2D eigenvalue weighted by Gasteiger charge is -2.17. The van der Waals surface area contributed by atoms with Gasteiger partial charge in [-0.05, 0) is 48.0 Å². The molecule has 0 fully saturated rings. The van der Waals surface area contributed by atoms with E-state index in [2.05, 4.69) is 5.32 Å². The number of halogens is 3. The van der Waals surface area contributed by atoms with E-state index in [0.717, 1.165) is 17.0 Å². The average Bonchev–Trinajstić information content (AvgIpc) is 2.78. The summed E-state index contributed by atoms with van der Waals surface area (Å²) in [6.45, 7) is -0.410. The van der Waals surface area contributed by atoms with Gasteiger partial charge in [0.05, 0.1) is 17.8 Å². The molecule has 170 valence electrons. The number of carbonyl (C=O) groups is 2. The van der Waals surface area contributed by atoms with Crippen LogP contribution >= 0.6 is 0 Å². The predicted molar refractivity (Wildman–Crippen MR) is 120 cm³/mol. The number of nitrogens with one attached hydrogen (secondary N) is 1. The highest BCUT2D eigenvalue weighted by atomic mass is 19.4. The van der Waals surface area contributed by atoms with Crippen LogP contribution in [0.25, 0.3) is 6.08 Å². The quantitative estimate of drug-likeness (QED) is 0.472. The summed E-state index contributed by atoms with van der Waals surface area (Å²) in [6.07, 6.45) is -1.76. The molecule has 5 nitrogen and oxygen atoms in total. The predicted octanol–water partition coefficient (Wildman–Crippen LogP) is 5.61. The van der Waals surface area contributed by atoms with Gasteiger partial charge in [0, 0.05) is 13.1 Å². The van der Waals surface area contributed by atoms with E-state index in [9.17, 15) is 22.8 Å². The van der Waals surface area contributed by atoms with Crippen molar-refractivity contribution in [3.8, 4) is 11.5 Å². The van der Waals surface area contributed by atoms with Gasteiger partial charge in [-0.3, -0.25) is 9.59 Å². The van der Waals surface area contributed by atoms with E-state index in [0.29, 0.717) is 17.1 Å². The second-order valence-electron chi connectivity index (χ2n) is 7.11. The number of rotatable bonds is 7. The largest absolute Gasteiger partial charge is 0.457 e. The molecule has 0 aliphatic carbocycles. The van der Waals surface area contributed by atoms with Gasteiger partial charge in [0.15, 0.2) is 0 Å². The van der Waals surface area contributed by atoms with Gasteiger partial charge >= 0.3 is 6.18 Å². The zero-order chi connectivity index (χ0) is 23.8. The first kappa shape index (κ1) is 23.6. The summed E-state index contributed by atoms with van der Waals surface area (Å²) in [4.78, 5) is 25.6. The minimum absolute atomic E-state index is 0.360. The SMILES string of the molecule is CN(CC(=O)Nc1ccccc1C(F)(F)F)C(=O)C=Cc1cccc(Oc2ccccc2)c1. The number of hydrogen-bond donors (Lipinski definition) is 1. The van der Waals surface area contributed by atoms with Crippen molar-refractivity contribution in [3.05, 3.63) is 96.1 Å². The number of likely N-dealkylation sites (N-methyl/N-ethyl adjacent to an activating group) is 1. The van der Waals surface area contributed by atoms with E-state index in [1.165, 1.54) is 25.3 Å². The molecule has 0 aliphatic heterocycles. The molecular formula is C25H21F3N2O3. The Kier molecular flexibility index (Phi) is 7.50. The molecule has 0 unspecified atom stereocenters. The van der Waals surface area contributed by atoms with Crippen LogP contribution in [-0.2, 0) is 15.8 Å². The highest BCUT2D eigenvalue weighted by molar-refractivity contribution is 5.98. The number of amides is 2. The highest BCUT2D eigenvalue weighted by Gasteiger charge is 2.33. The number of hydrogen-bond acceptors (Lipinski definition) is 3. The van der Waals surface area contributed by atoms with Gasteiger partial charge in [-0.25, -0.2) is 0 Å². The standard InChI is InChI=1S/C25H21F3N2O3/c1-30(17-23(31)29-22-13-6-5-12-21(22)25(26,27)28)24(32)15-14-18-8-7-11-20(16-18)33-19-9-3-2-4-10-19/h2-16H,17H2,1H3,(H,29,31). The van der Waals surface area contributed by atoms with E-state index >= 15 is 0 Å². The van der Waals surface area contributed by atoms with Gasteiger partial charge in [-0.15, -0.1) is 0 Å². The first-order chi connectivity index (χ1) is 15.7. The van der Waals surface area contributed by atoms with E-state index in [1.54, 1.807) is 30.3 Å². The molecule has 3 rings (SSSR count). The molecule has 3 aromatic rings. The summed E-state index contributed by atoms with van der Waals surface area (Å²) in [5, 5.41) is 2.21. The van der Waals surface area contributed by atoms with Crippen molar-refractivity contribution in [2.75, 3.05) is 18.9 Å². The van der Waals surface area contributed by atoms with Crippen molar-refractivity contribution in [2.24, 2.45) is 0 Å². The van der Waals surface area contributed by atoms with Crippen molar-refractivity contribution in [1.29, 1.82) is 0 Å². The minimum atomic E-state index is -4.60. The highest BCUT2D eigenvalue weighted by Crippen LogP contribution is 2.34. The molecule has 0 bridgehead atoms. The Balaban J connectivity index is 1.59. The third kappa shape index (κ3) is 6.96. The number of carbonyl (C=O) groups excluding carboxylic acids is 2. The Hall–Kier alpha value is -4.07. The number of ether oxygens (including phenoxy) is 1. The molecule has 0 aliphatic rings. The van der Waals surface area contributed by atoms with Gasteiger partial charge in [0.2, 0.25) is 11.8 Å². The van der Waals surface area contributed by atoms with Crippen LogP contribution < -0.4 is 10.1 Å².